The minimum absolute atomic E-state index is 0.0208. The van der Waals surface area contributed by atoms with Crippen LogP contribution in [0, 0.1) is 0 Å². The Morgan fingerprint density at radius 1 is 1.20 bits per heavy atom. The summed E-state index contributed by atoms with van der Waals surface area (Å²) in [6.07, 6.45) is 3.81. The van der Waals surface area contributed by atoms with Gasteiger partial charge in [0.2, 0.25) is 0 Å². The minimum atomic E-state index is -0.707. The van der Waals surface area contributed by atoms with Gasteiger partial charge in [0.05, 0.1) is 17.7 Å². The first-order valence-electron chi connectivity index (χ1n) is 9.88. The fourth-order valence-electron chi connectivity index (χ4n) is 3.49. The molecule has 0 spiro atoms. The number of pyridine rings is 1. The van der Waals surface area contributed by atoms with Crippen LogP contribution < -0.4 is 4.74 Å². The lowest BCUT2D eigenvalue weighted by Gasteiger charge is -2.25. The molecule has 1 atom stereocenters. The molecule has 0 unspecified atom stereocenters. The number of Topliss-reactive ketones (excluding diaryl/α,β-unsaturated/α-hetero) is 1. The Morgan fingerprint density at radius 3 is 2.53 bits per heavy atom. The molecule has 3 rings (SSSR count). The fourth-order valence-corrected chi connectivity index (χ4v) is 3.49. The number of aliphatic hydroxyl groups excluding tert-OH is 1. The van der Waals surface area contributed by atoms with Gasteiger partial charge < -0.3 is 19.5 Å². The van der Waals surface area contributed by atoms with Crippen molar-refractivity contribution in [2.24, 2.45) is 0 Å². The van der Waals surface area contributed by atoms with E-state index in [0.29, 0.717) is 36.4 Å². The van der Waals surface area contributed by atoms with Gasteiger partial charge in [-0.3, -0.25) is 14.6 Å². The Labute approximate surface area is 175 Å². The average molecular weight is 410 g/mol. The molecule has 1 amide bonds. The second-order valence-corrected chi connectivity index (χ2v) is 7.32. The number of carbonyl (C=O) groups is 2. The second kappa shape index (κ2) is 9.54. The highest BCUT2D eigenvalue weighted by molar-refractivity contribution is 6.46. The van der Waals surface area contributed by atoms with Crippen molar-refractivity contribution in [2.45, 2.75) is 32.4 Å². The van der Waals surface area contributed by atoms with E-state index in [1.807, 2.05) is 13.8 Å². The number of nitrogens with zero attached hydrogens (tertiary/aromatic N) is 2. The van der Waals surface area contributed by atoms with Crippen LogP contribution in [0.4, 0.5) is 0 Å². The topological polar surface area (TPSA) is 89.0 Å². The van der Waals surface area contributed by atoms with Crippen molar-refractivity contribution >= 4 is 17.4 Å². The SMILES string of the molecule is COCCCN1C(=O)C(=O)/C(=C(/O)c2ccc(OC(C)C)cc2)[C@H]1c1cccnc1. The molecule has 1 aromatic carbocycles. The van der Waals surface area contributed by atoms with Crippen LogP contribution >= 0.6 is 0 Å². The Balaban J connectivity index is 2.02. The van der Waals surface area contributed by atoms with Gasteiger partial charge in [-0.25, -0.2) is 0 Å². The summed E-state index contributed by atoms with van der Waals surface area (Å²) in [7, 11) is 1.58. The molecule has 1 aliphatic heterocycles. The zero-order valence-corrected chi connectivity index (χ0v) is 17.4. The van der Waals surface area contributed by atoms with Crippen molar-refractivity contribution in [3.63, 3.8) is 0 Å². The number of aromatic nitrogens is 1. The molecule has 0 saturated carbocycles. The molecule has 1 fully saturated rings. The fraction of sp³-hybridized carbons (Fsp3) is 0.348. The molecule has 1 aromatic heterocycles. The number of rotatable bonds is 8. The van der Waals surface area contributed by atoms with E-state index in [9.17, 15) is 14.7 Å². The van der Waals surface area contributed by atoms with E-state index >= 15 is 0 Å². The molecular weight excluding hydrogens is 384 g/mol. The van der Waals surface area contributed by atoms with Gasteiger partial charge in [0, 0.05) is 38.2 Å². The summed E-state index contributed by atoms with van der Waals surface area (Å²) in [6, 6.07) is 9.62. The van der Waals surface area contributed by atoms with Crippen LogP contribution in [0.5, 0.6) is 5.75 Å². The lowest BCUT2D eigenvalue weighted by molar-refractivity contribution is -0.140. The first-order chi connectivity index (χ1) is 14.4. The van der Waals surface area contributed by atoms with Crippen molar-refractivity contribution in [3.05, 3.63) is 65.5 Å². The van der Waals surface area contributed by atoms with E-state index in [-0.39, 0.29) is 17.4 Å². The lowest BCUT2D eigenvalue weighted by atomic mass is 9.96. The molecule has 0 radical (unpaired) electrons. The number of ketones is 1. The number of carbonyl (C=O) groups excluding carboxylic acids is 2. The zero-order chi connectivity index (χ0) is 21.7. The van der Waals surface area contributed by atoms with E-state index < -0.39 is 17.7 Å². The van der Waals surface area contributed by atoms with Gasteiger partial charge in [0.1, 0.15) is 11.5 Å². The Kier molecular flexibility index (Phi) is 6.84. The Morgan fingerprint density at radius 2 is 1.93 bits per heavy atom. The van der Waals surface area contributed by atoms with Crippen LogP contribution in [0.3, 0.4) is 0 Å². The third-order valence-corrected chi connectivity index (χ3v) is 4.79. The quantitative estimate of drug-likeness (QED) is 0.311. The van der Waals surface area contributed by atoms with Crippen LogP contribution in [0.2, 0.25) is 0 Å². The van der Waals surface area contributed by atoms with Crippen molar-refractivity contribution in [2.75, 3.05) is 20.3 Å². The molecule has 7 nitrogen and oxygen atoms in total. The highest BCUT2D eigenvalue weighted by Gasteiger charge is 2.45. The molecule has 7 heteroatoms. The van der Waals surface area contributed by atoms with Gasteiger partial charge in [-0.1, -0.05) is 6.07 Å². The standard InChI is InChI=1S/C23H26N2O5/c1-15(2)30-18-9-7-16(8-10-18)21(26)19-20(17-6-4-11-24-14-17)25(12-5-13-29-3)23(28)22(19)27/h4,6-11,14-15,20,26H,5,12-13H2,1-3H3/b21-19+/t20-/m1/s1. The number of amides is 1. The molecule has 0 bridgehead atoms. The number of hydrogen-bond donors (Lipinski definition) is 1. The first-order valence-corrected chi connectivity index (χ1v) is 9.88. The molecule has 1 aliphatic rings. The van der Waals surface area contributed by atoms with Crippen molar-refractivity contribution < 1.29 is 24.2 Å². The largest absolute Gasteiger partial charge is 0.507 e. The van der Waals surface area contributed by atoms with Crippen LogP contribution in [-0.2, 0) is 14.3 Å². The predicted molar refractivity (Wildman–Crippen MR) is 112 cm³/mol. The number of benzene rings is 1. The third kappa shape index (κ3) is 4.52. The Bertz CT molecular complexity index is 922. The number of aliphatic hydroxyl groups is 1. The highest BCUT2D eigenvalue weighted by Crippen LogP contribution is 2.39. The van der Waals surface area contributed by atoms with Gasteiger partial charge >= 0.3 is 0 Å². The van der Waals surface area contributed by atoms with Crippen molar-refractivity contribution in [3.8, 4) is 5.75 Å². The maximum absolute atomic E-state index is 12.9. The van der Waals surface area contributed by atoms with Crippen LogP contribution in [0.15, 0.2) is 54.4 Å². The minimum Gasteiger partial charge on any atom is -0.507 e. The summed E-state index contributed by atoms with van der Waals surface area (Å²) < 4.78 is 10.7. The number of methoxy groups -OCH3 is 1. The average Bonchev–Trinajstić information content (AvgIpc) is 2.99. The summed E-state index contributed by atoms with van der Waals surface area (Å²) in [6.45, 7) is 4.63. The van der Waals surface area contributed by atoms with Gasteiger partial charge in [-0.05, 0) is 56.2 Å². The molecule has 1 saturated heterocycles. The molecule has 2 aromatic rings. The molecule has 1 N–H and O–H groups in total. The van der Waals surface area contributed by atoms with Gasteiger partial charge in [0.15, 0.2) is 0 Å². The zero-order valence-electron chi connectivity index (χ0n) is 17.4. The van der Waals surface area contributed by atoms with E-state index in [1.54, 1.807) is 55.9 Å². The third-order valence-electron chi connectivity index (χ3n) is 4.79. The van der Waals surface area contributed by atoms with E-state index in [4.69, 9.17) is 9.47 Å². The van der Waals surface area contributed by atoms with Crippen molar-refractivity contribution in [1.29, 1.82) is 0 Å². The summed E-state index contributed by atoms with van der Waals surface area (Å²) in [5.41, 5.74) is 1.16. The summed E-state index contributed by atoms with van der Waals surface area (Å²) >= 11 is 0. The van der Waals surface area contributed by atoms with Crippen LogP contribution in [0.25, 0.3) is 5.76 Å². The maximum atomic E-state index is 12.9. The Hall–Kier alpha value is -3.19. The van der Waals surface area contributed by atoms with Gasteiger partial charge in [-0.2, -0.15) is 0 Å². The molecule has 158 valence electrons. The number of hydrogen-bond acceptors (Lipinski definition) is 6. The van der Waals surface area contributed by atoms with Gasteiger partial charge in [-0.15, -0.1) is 0 Å². The molecule has 0 aliphatic carbocycles. The van der Waals surface area contributed by atoms with Crippen molar-refractivity contribution in [1.82, 2.24) is 9.88 Å². The monoisotopic (exact) mass is 410 g/mol. The first kappa shape index (κ1) is 21.5. The second-order valence-electron chi connectivity index (χ2n) is 7.32. The maximum Gasteiger partial charge on any atom is 0.295 e. The number of likely N-dealkylation sites (tertiary alicyclic amines) is 1. The van der Waals surface area contributed by atoms with E-state index in [1.165, 1.54) is 4.90 Å². The molecule has 30 heavy (non-hydrogen) atoms. The van der Waals surface area contributed by atoms with Crippen LogP contribution in [-0.4, -0.2) is 53.0 Å². The predicted octanol–water partition coefficient (Wildman–Crippen LogP) is 3.33. The summed E-state index contributed by atoms with van der Waals surface area (Å²) in [5.74, 6) is -0.902. The highest BCUT2D eigenvalue weighted by atomic mass is 16.5. The van der Waals surface area contributed by atoms with Crippen LogP contribution in [0.1, 0.15) is 37.4 Å². The van der Waals surface area contributed by atoms with Gasteiger partial charge in [0.25, 0.3) is 11.7 Å². The summed E-state index contributed by atoms with van der Waals surface area (Å²) in [4.78, 5) is 31.2. The number of ether oxygens (including phenoxy) is 2. The lowest BCUT2D eigenvalue weighted by Crippen LogP contribution is -2.31. The van der Waals surface area contributed by atoms with E-state index in [0.717, 1.165) is 0 Å². The molecular formula is C23H26N2O5. The van der Waals surface area contributed by atoms with E-state index in [2.05, 4.69) is 4.98 Å². The molecule has 2 heterocycles. The summed E-state index contributed by atoms with van der Waals surface area (Å²) in [5, 5.41) is 11.0. The normalized spacial score (nSPS) is 18.3. The smallest absolute Gasteiger partial charge is 0.295 e.